The number of benzene rings is 1. The second-order valence-corrected chi connectivity index (χ2v) is 4.65. The molecule has 104 valence electrons. The van der Waals surface area contributed by atoms with Gasteiger partial charge in [-0.15, -0.1) is 0 Å². The fraction of sp³-hybridized carbons (Fsp3) is 0.462. The van der Waals surface area contributed by atoms with Crippen molar-refractivity contribution in [2.75, 3.05) is 13.1 Å². The van der Waals surface area contributed by atoms with Gasteiger partial charge in [-0.1, -0.05) is 12.1 Å². The number of carboxylic acid groups (broad SMARTS) is 1. The van der Waals surface area contributed by atoms with Crippen molar-refractivity contribution >= 4 is 6.09 Å². The molecule has 1 saturated heterocycles. The normalized spacial score (nSPS) is 23.4. The Balaban J connectivity index is 1.84. The maximum atomic E-state index is 13.8. The summed E-state index contributed by atoms with van der Waals surface area (Å²) in [6.45, 7) is 0.672. The van der Waals surface area contributed by atoms with Gasteiger partial charge in [-0.2, -0.15) is 0 Å². The largest absolute Gasteiger partial charge is 0.465 e. The molecule has 2 atom stereocenters. The third-order valence-corrected chi connectivity index (χ3v) is 3.29. The summed E-state index contributed by atoms with van der Waals surface area (Å²) >= 11 is 0. The molecule has 6 heteroatoms. The van der Waals surface area contributed by atoms with Crippen molar-refractivity contribution in [3.8, 4) is 0 Å². The number of amides is 1. The molecule has 2 N–H and O–H groups in total. The van der Waals surface area contributed by atoms with E-state index in [0.717, 1.165) is 10.5 Å². The number of piperidine rings is 1. The topological polar surface area (TPSA) is 52.6 Å². The first-order valence-corrected chi connectivity index (χ1v) is 6.16. The molecule has 0 spiro atoms. The van der Waals surface area contributed by atoms with E-state index in [1.54, 1.807) is 12.1 Å². The number of hydrogen-bond donors (Lipinski definition) is 2. The van der Waals surface area contributed by atoms with E-state index < -0.39 is 12.3 Å². The quantitative estimate of drug-likeness (QED) is 0.883. The van der Waals surface area contributed by atoms with Crippen LogP contribution in [0.4, 0.5) is 13.6 Å². The lowest BCUT2D eigenvalue weighted by molar-refractivity contribution is 0.0881. The molecule has 0 unspecified atom stereocenters. The zero-order chi connectivity index (χ0) is 13.8. The molecule has 0 aromatic heterocycles. The molecule has 0 saturated carbocycles. The van der Waals surface area contributed by atoms with Crippen LogP contribution in [0.5, 0.6) is 0 Å². The Morgan fingerprint density at radius 2 is 2.11 bits per heavy atom. The average molecular weight is 270 g/mol. The molecular formula is C13H16F2N2O2. The van der Waals surface area contributed by atoms with E-state index in [1.165, 1.54) is 12.1 Å². The average Bonchev–Trinajstić information content (AvgIpc) is 2.39. The molecule has 1 amide bonds. The summed E-state index contributed by atoms with van der Waals surface area (Å²) in [6.07, 6.45) is -1.86. The summed E-state index contributed by atoms with van der Waals surface area (Å²) < 4.78 is 26.5. The molecule has 19 heavy (non-hydrogen) atoms. The van der Waals surface area contributed by atoms with Crippen LogP contribution in [0.2, 0.25) is 0 Å². The third kappa shape index (κ3) is 3.64. The lowest BCUT2D eigenvalue weighted by Crippen LogP contribution is -2.51. The Labute approximate surface area is 110 Å². The minimum absolute atomic E-state index is 0.101. The van der Waals surface area contributed by atoms with E-state index in [4.69, 9.17) is 5.11 Å². The molecule has 1 fully saturated rings. The third-order valence-electron chi connectivity index (χ3n) is 3.29. The first kappa shape index (κ1) is 13.7. The van der Waals surface area contributed by atoms with Crippen LogP contribution in [-0.4, -0.2) is 41.4 Å². The minimum Gasteiger partial charge on any atom is -0.465 e. The Morgan fingerprint density at radius 1 is 1.42 bits per heavy atom. The molecule has 4 nitrogen and oxygen atoms in total. The highest BCUT2D eigenvalue weighted by atomic mass is 19.1. The smallest absolute Gasteiger partial charge is 0.407 e. The van der Waals surface area contributed by atoms with E-state index >= 15 is 0 Å². The molecule has 0 aliphatic carbocycles. The van der Waals surface area contributed by atoms with Gasteiger partial charge in [0, 0.05) is 19.1 Å². The molecular weight excluding hydrogens is 254 g/mol. The van der Waals surface area contributed by atoms with Gasteiger partial charge in [-0.3, -0.25) is 0 Å². The summed E-state index contributed by atoms with van der Waals surface area (Å²) in [4.78, 5) is 11.8. The van der Waals surface area contributed by atoms with Gasteiger partial charge < -0.3 is 15.3 Å². The van der Waals surface area contributed by atoms with Crippen LogP contribution in [0.15, 0.2) is 24.3 Å². The molecule has 1 heterocycles. The second-order valence-electron chi connectivity index (χ2n) is 4.65. The maximum absolute atomic E-state index is 13.8. The van der Waals surface area contributed by atoms with Gasteiger partial charge in [0.2, 0.25) is 0 Å². The Morgan fingerprint density at radius 3 is 2.68 bits per heavy atom. The van der Waals surface area contributed by atoms with Crippen LogP contribution in [0.3, 0.4) is 0 Å². The van der Waals surface area contributed by atoms with Gasteiger partial charge in [0.25, 0.3) is 0 Å². The zero-order valence-corrected chi connectivity index (χ0v) is 10.4. The number of nitrogens with one attached hydrogen (secondary N) is 1. The first-order valence-electron chi connectivity index (χ1n) is 6.16. The predicted molar refractivity (Wildman–Crippen MR) is 66.1 cm³/mol. The maximum Gasteiger partial charge on any atom is 0.407 e. The number of hydrogen-bond acceptors (Lipinski definition) is 2. The van der Waals surface area contributed by atoms with Crippen molar-refractivity contribution < 1.29 is 18.7 Å². The second kappa shape index (κ2) is 5.97. The van der Waals surface area contributed by atoms with Crippen molar-refractivity contribution in [2.45, 2.75) is 25.2 Å². The number of rotatable bonds is 3. The van der Waals surface area contributed by atoms with E-state index in [-0.39, 0.29) is 18.4 Å². The molecule has 2 rings (SSSR count). The van der Waals surface area contributed by atoms with Crippen molar-refractivity contribution in [1.82, 2.24) is 10.2 Å². The highest BCUT2D eigenvalue weighted by Crippen LogP contribution is 2.15. The number of carbonyl (C=O) groups is 1. The van der Waals surface area contributed by atoms with Gasteiger partial charge in [-0.05, 0) is 24.1 Å². The zero-order valence-electron chi connectivity index (χ0n) is 10.4. The van der Waals surface area contributed by atoms with Crippen molar-refractivity contribution in [3.05, 3.63) is 35.6 Å². The Kier molecular flexibility index (Phi) is 4.31. The summed E-state index contributed by atoms with van der Waals surface area (Å²) in [7, 11) is 0. The Bertz CT molecular complexity index is 439. The molecule has 1 aromatic rings. The molecule has 1 aliphatic rings. The fourth-order valence-corrected chi connectivity index (χ4v) is 2.16. The minimum atomic E-state index is -1.22. The van der Waals surface area contributed by atoms with E-state index in [1.807, 2.05) is 0 Å². The van der Waals surface area contributed by atoms with Crippen molar-refractivity contribution in [1.29, 1.82) is 0 Å². The van der Waals surface area contributed by atoms with Crippen LogP contribution in [-0.2, 0) is 6.54 Å². The van der Waals surface area contributed by atoms with Crippen LogP contribution >= 0.6 is 0 Å². The first-order chi connectivity index (χ1) is 9.06. The SMILES string of the molecule is O=C(O)N1CC[C@@H](NCc2ccc(F)cc2)[C@H](F)C1. The lowest BCUT2D eigenvalue weighted by atomic mass is 10.0. The number of halogens is 2. The fourth-order valence-electron chi connectivity index (χ4n) is 2.16. The van der Waals surface area contributed by atoms with E-state index in [9.17, 15) is 13.6 Å². The van der Waals surface area contributed by atoms with E-state index in [0.29, 0.717) is 19.5 Å². The highest BCUT2D eigenvalue weighted by Gasteiger charge is 2.30. The number of alkyl halides is 1. The molecule has 1 aliphatic heterocycles. The number of likely N-dealkylation sites (tertiary alicyclic amines) is 1. The van der Waals surface area contributed by atoms with Gasteiger partial charge in [-0.25, -0.2) is 13.6 Å². The van der Waals surface area contributed by atoms with Gasteiger partial charge >= 0.3 is 6.09 Å². The molecule has 0 bridgehead atoms. The standard InChI is InChI=1S/C13H16F2N2O2/c14-10-3-1-9(2-4-10)7-16-12-5-6-17(13(18)19)8-11(12)15/h1-4,11-12,16H,5-8H2,(H,18,19)/t11-,12-/m1/s1. The lowest BCUT2D eigenvalue weighted by Gasteiger charge is -2.33. The van der Waals surface area contributed by atoms with Crippen LogP contribution in [0.25, 0.3) is 0 Å². The highest BCUT2D eigenvalue weighted by molar-refractivity contribution is 5.65. The summed E-state index contributed by atoms with van der Waals surface area (Å²) in [6, 6.07) is 5.64. The van der Waals surface area contributed by atoms with Crippen LogP contribution in [0.1, 0.15) is 12.0 Å². The van der Waals surface area contributed by atoms with E-state index in [2.05, 4.69) is 5.32 Å². The van der Waals surface area contributed by atoms with Crippen LogP contribution < -0.4 is 5.32 Å². The van der Waals surface area contributed by atoms with Crippen molar-refractivity contribution in [3.63, 3.8) is 0 Å². The molecule has 0 radical (unpaired) electrons. The van der Waals surface area contributed by atoms with Gasteiger partial charge in [0.15, 0.2) is 0 Å². The Hall–Kier alpha value is -1.69. The summed E-state index contributed by atoms with van der Waals surface area (Å²) in [5.41, 5.74) is 0.870. The van der Waals surface area contributed by atoms with Crippen LogP contribution in [0, 0.1) is 5.82 Å². The molecule has 1 aromatic carbocycles. The predicted octanol–water partition coefficient (Wildman–Crippen LogP) is 2.01. The van der Waals surface area contributed by atoms with Gasteiger partial charge in [0.05, 0.1) is 6.54 Å². The van der Waals surface area contributed by atoms with Gasteiger partial charge in [0.1, 0.15) is 12.0 Å². The summed E-state index contributed by atoms with van der Waals surface area (Å²) in [5.74, 6) is -0.304. The number of nitrogens with zero attached hydrogens (tertiary/aromatic N) is 1. The summed E-state index contributed by atoms with van der Waals surface area (Å²) in [5, 5.41) is 11.8. The van der Waals surface area contributed by atoms with Crippen molar-refractivity contribution in [2.24, 2.45) is 0 Å². The monoisotopic (exact) mass is 270 g/mol.